The van der Waals surface area contributed by atoms with Gasteiger partial charge < -0.3 is 4.90 Å². The predicted molar refractivity (Wildman–Crippen MR) is 97.4 cm³/mol. The minimum absolute atomic E-state index is 0.0996. The van der Waals surface area contributed by atoms with Crippen molar-refractivity contribution in [3.63, 3.8) is 0 Å². The molecule has 0 radical (unpaired) electrons. The normalized spacial score (nSPS) is 10.4. The van der Waals surface area contributed by atoms with E-state index >= 15 is 0 Å². The van der Waals surface area contributed by atoms with E-state index in [4.69, 9.17) is 11.6 Å². The minimum atomic E-state index is -0.0996. The molecule has 2 aromatic carbocycles. The largest absolute Gasteiger partial charge is 0.304 e. The second kappa shape index (κ2) is 7.28. The zero-order valence-electron chi connectivity index (χ0n) is 13.3. The van der Waals surface area contributed by atoms with E-state index in [9.17, 15) is 4.79 Å². The van der Waals surface area contributed by atoms with Crippen LogP contribution in [0.5, 0.6) is 0 Å². The summed E-state index contributed by atoms with van der Waals surface area (Å²) < 4.78 is 0. The van der Waals surface area contributed by atoms with Crippen LogP contribution in [-0.4, -0.2) is 10.9 Å². The first kappa shape index (κ1) is 16.2. The number of nitrogens with zero attached hydrogens (tertiary/aromatic N) is 2. The van der Waals surface area contributed by atoms with Gasteiger partial charge in [0.25, 0.3) is 5.91 Å². The van der Waals surface area contributed by atoms with Crippen LogP contribution in [0.1, 0.15) is 21.6 Å². The van der Waals surface area contributed by atoms with Gasteiger partial charge in [-0.25, -0.2) is 4.98 Å². The Balaban J connectivity index is 1.99. The molecule has 0 atom stereocenters. The van der Waals surface area contributed by atoms with Gasteiger partial charge >= 0.3 is 0 Å². The van der Waals surface area contributed by atoms with Crippen molar-refractivity contribution in [1.82, 2.24) is 4.98 Å². The maximum Gasteiger partial charge on any atom is 0.258 e. The molecular formula is C20H17ClN2O. The number of halogens is 1. The van der Waals surface area contributed by atoms with E-state index in [1.165, 1.54) is 0 Å². The summed E-state index contributed by atoms with van der Waals surface area (Å²) >= 11 is 6.02. The van der Waals surface area contributed by atoms with Crippen LogP contribution in [0.3, 0.4) is 0 Å². The fourth-order valence-electron chi connectivity index (χ4n) is 2.56. The van der Waals surface area contributed by atoms with E-state index in [0.29, 0.717) is 17.3 Å². The maximum atomic E-state index is 13.1. The predicted octanol–water partition coefficient (Wildman–Crippen LogP) is 4.89. The molecule has 1 amide bonds. The highest BCUT2D eigenvalue weighted by Crippen LogP contribution is 2.21. The Morgan fingerprint density at radius 2 is 1.62 bits per heavy atom. The van der Waals surface area contributed by atoms with Crippen LogP contribution in [0.4, 0.5) is 5.69 Å². The molecule has 0 spiro atoms. The van der Waals surface area contributed by atoms with Crippen molar-refractivity contribution in [1.29, 1.82) is 0 Å². The van der Waals surface area contributed by atoms with Crippen molar-refractivity contribution >= 4 is 23.2 Å². The number of aryl methyl sites for hydroxylation is 1. The van der Waals surface area contributed by atoms with Crippen molar-refractivity contribution < 1.29 is 4.79 Å². The van der Waals surface area contributed by atoms with Crippen LogP contribution in [0.15, 0.2) is 72.8 Å². The number of anilines is 1. The second-order valence-electron chi connectivity index (χ2n) is 5.53. The molecule has 120 valence electrons. The summed E-state index contributed by atoms with van der Waals surface area (Å²) in [7, 11) is 0. The highest BCUT2D eigenvalue weighted by molar-refractivity contribution is 6.29. The standard InChI is InChI=1S/C20H17ClN2O/c1-15-12-17(13-19(21)22-15)20(24)23(18-10-6-3-7-11-18)14-16-8-4-2-5-9-16/h2-13H,14H2,1H3. The van der Waals surface area contributed by atoms with E-state index in [1.807, 2.05) is 67.6 Å². The fourth-order valence-corrected chi connectivity index (χ4v) is 2.81. The smallest absolute Gasteiger partial charge is 0.258 e. The van der Waals surface area contributed by atoms with E-state index in [2.05, 4.69) is 4.98 Å². The summed E-state index contributed by atoms with van der Waals surface area (Å²) in [5, 5.41) is 0.325. The van der Waals surface area contributed by atoms with Gasteiger partial charge in [0, 0.05) is 16.9 Å². The van der Waals surface area contributed by atoms with E-state index in [1.54, 1.807) is 17.0 Å². The van der Waals surface area contributed by atoms with Crippen LogP contribution in [0.25, 0.3) is 0 Å². The molecular weight excluding hydrogens is 320 g/mol. The van der Waals surface area contributed by atoms with Crippen molar-refractivity contribution in [3.8, 4) is 0 Å². The van der Waals surface area contributed by atoms with Crippen LogP contribution in [0, 0.1) is 6.92 Å². The Hall–Kier alpha value is -2.65. The first-order valence-electron chi connectivity index (χ1n) is 7.68. The molecule has 0 aliphatic heterocycles. The Labute approximate surface area is 146 Å². The number of carbonyl (C=O) groups is 1. The third-order valence-electron chi connectivity index (χ3n) is 3.67. The van der Waals surface area contributed by atoms with Crippen molar-refractivity contribution in [2.24, 2.45) is 0 Å². The molecule has 0 aliphatic rings. The lowest BCUT2D eigenvalue weighted by Crippen LogP contribution is -2.30. The van der Waals surface area contributed by atoms with E-state index < -0.39 is 0 Å². The van der Waals surface area contributed by atoms with Gasteiger partial charge in [-0.2, -0.15) is 0 Å². The molecule has 4 heteroatoms. The Morgan fingerprint density at radius 1 is 1.00 bits per heavy atom. The van der Waals surface area contributed by atoms with Crippen molar-refractivity contribution in [2.75, 3.05) is 4.90 Å². The van der Waals surface area contributed by atoms with Crippen LogP contribution in [0.2, 0.25) is 5.15 Å². The molecule has 3 rings (SSSR count). The molecule has 0 saturated heterocycles. The molecule has 1 aromatic heterocycles. The molecule has 0 bridgehead atoms. The number of carbonyl (C=O) groups excluding carboxylic acids is 1. The van der Waals surface area contributed by atoms with Gasteiger partial charge in [0.05, 0.1) is 6.54 Å². The number of hydrogen-bond donors (Lipinski definition) is 0. The Bertz CT molecular complexity index is 815. The van der Waals surface area contributed by atoms with Gasteiger partial charge in [0.1, 0.15) is 5.15 Å². The highest BCUT2D eigenvalue weighted by atomic mass is 35.5. The van der Waals surface area contributed by atoms with Crippen LogP contribution in [-0.2, 0) is 6.54 Å². The molecule has 1 heterocycles. The molecule has 0 fully saturated rings. The third kappa shape index (κ3) is 3.81. The quantitative estimate of drug-likeness (QED) is 0.635. The maximum absolute atomic E-state index is 13.1. The van der Waals surface area contributed by atoms with Gasteiger partial charge in [-0.05, 0) is 36.8 Å². The van der Waals surface area contributed by atoms with Gasteiger partial charge in [-0.3, -0.25) is 4.79 Å². The first-order valence-corrected chi connectivity index (χ1v) is 8.06. The summed E-state index contributed by atoms with van der Waals surface area (Å²) in [6.07, 6.45) is 0. The monoisotopic (exact) mass is 336 g/mol. The number of hydrogen-bond acceptors (Lipinski definition) is 2. The van der Waals surface area contributed by atoms with Crippen molar-refractivity contribution in [2.45, 2.75) is 13.5 Å². The molecule has 0 aliphatic carbocycles. The van der Waals surface area contributed by atoms with E-state index in [0.717, 1.165) is 16.9 Å². The van der Waals surface area contributed by atoms with Crippen LogP contribution < -0.4 is 4.90 Å². The SMILES string of the molecule is Cc1cc(C(=O)N(Cc2ccccc2)c2ccccc2)cc(Cl)n1. The number of rotatable bonds is 4. The van der Waals surface area contributed by atoms with Gasteiger partial charge in [-0.15, -0.1) is 0 Å². The number of aromatic nitrogens is 1. The highest BCUT2D eigenvalue weighted by Gasteiger charge is 2.19. The Morgan fingerprint density at radius 3 is 2.25 bits per heavy atom. The molecule has 0 saturated carbocycles. The average molecular weight is 337 g/mol. The molecule has 3 nitrogen and oxygen atoms in total. The third-order valence-corrected chi connectivity index (χ3v) is 3.86. The fraction of sp³-hybridized carbons (Fsp3) is 0.100. The number of pyridine rings is 1. The van der Waals surface area contributed by atoms with Crippen LogP contribution >= 0.6 is 11.6 Å². The molecule has 0 unspecified atom stereocenters. The summed E-state index contributed by atoms with van der Waals surface area (Å²) in [6, 6.07) is 22.9. The van der Waals surface area contributed by atoms with Gasteiger partial charge in [0.2, 0.25) is 0 Å². The molecule has 0 N–H and O–H groups in total. The second-order valence-corrected chi connectivity index (χ2v) is 5.92. The topological polar surface area (TPSA) is 33.2 Å². The lowest BCUT2D eigenvalue weighted by Gasteiger charge is -2.23. The lowest BCUT2D eigenvalue weighted by atomic mass is 10.1. The summed E-state index contributed by atoms with van der Waals surface area (Å²) in [5.74, 6) is -0.0996. The number of para-hydroxylation sites is 1. The lowest BCUT2D eigenvalue weighted by molar-refractivity contribution is 0.0985. The van der Waals surface area contributed by atoms with Gasteiger partial charge in [-0.1, -0.05) is 60.1 Å². The number of amides is 1. The minimum Gasteiger partial charge on any atom is -0.304 e. The Kier molecular flexibility index (Phi) is 4.92. The summed E-state index contributed by atoms with van der Waals surface area (Å²) in [4.78, 5) is 19.0. The summed E-state index contributed by atoms with van der Waals surface area (Å²) in [6.45, 7) is 2.31. The molecule has 3 aromatic rings. The van der Waals surface area contributed by atoms with Gasteiger partial charge in [0.15, 0.2) is 0 Å². The summed E-state index contributed by atoms with van der Waals surface area (Å²) in [5.41, 5.74) is 3.16. The van der Waals surface area contributed by atoms with Crippen molar-refractivity contribution in [3.05, 3.63) is 94.8 Å². The molecule has 24 heavy (non-hydrogen) atoms. The zero-order valence-corrected chi connectivity index (χ0v) is 14.1. The number of benzene rings is 2. The zero-order chi connectivity index (χ0) is 16.9. The first-order chi connectivity index (χ1) is 11.6. The average Bonchev–Trinajstić information content (AvgIpc) is 2.60. The van der Waals surface area contributed by atoms with E-state index in [-0.39, 0.29) is 5.91 Å².